The van der Waals surface area contributed by atoms with E-state index in [9.17, 15) is 4.79 Å². The van der Waals surface area contributed by atoms with E-state index in [1.54, 1.807) is 18.4 Å². The largest absolute Gasteiger partial charge is 0.463 e. The van der Waals surface area contributed by atoms with Crippen LogP contribution in [0.5, 0.6) is 0 Å². The summed E-state index contributed by atoms with van der Waals surface area (Å²) in [6.07, 6.45) is 3.58. The Morgan fingerprint density at radius 3 is 3.11 bits per heavy atom. The lowest BCUT2D eigenvalue weighted by molar-refractivity contribution is 0.0933. The normalized spacial score (nSPS) is 12.3. The first-order valence-electron chi connectivity index (χ1n) is 6.11. The van der Waals surface area contributed by atoms with Gasteiger partial charge in [0.05, 0.1) is 6.26 Å². The molecule has 0 aliphatic carbocycles. The quantitative estimate of drug-likeness (QED) is 0.853. The summed E-state index contributed by atoms with van der Waals surface area (Å²) >= 11 is 0. The maximum absolute atomic E-state index is 11.9. The molecule has 96 valence electrons. The molecule has 0 spiro atoms. The van der Waals surface area contributed by atoms with E-state index in [0.29, 0.717) is 17.1 Å². The number of aromatic amines is 1. The number of furan rings is 1. The SMILES string of the molecule is CCC[C@H](C)NC(=O)c1cc(-c2ccco2)[nH]n1. The molecule has 1 atom stereocenters. The highest BCUT2D eigenvalue weighted by Gasteiger charge is 2.14. The Hall–Kier alpha value is -2.04. The number of aromatic nitrogens is 2. The van der Waals surface area contributed by atoms with Crippen molar-refractivity contribution in [2.45, 2.75) is 32.7 Å². The first-order chi connectivity index (χ1) is 8.70. The highest BCUT2D eigenvalue weighted by atomic mass is 16.3. The van der Waals surface area contributed by atoms with Crippen molar-refractivity contribution in [2.75, 3.05) is 0 Å². The fraction of sp³-hybridized carbons (Fsp3) is 0.385. The molecule has 0 aliphatic heterocycles. The number of hydrogen-bond donors (Lipinski definition) is 2. The summed E-state index contributed by atoms with van der Waals surface area (Å²) < 4.78 is 5.23. The van der Waals surface area contributed by atoms with Crippen LogP contribution in [0, 0.1) is 0 Å². The molecule has 2 aromatic heterocycles. The Balaban J connectivity index is 2.04. The highest BCUT2D eigenvalue weighted by molar-refractivity contribution is 5.93. The van der Waals surface area contributed by atoms with E-state index in [-0.39, 0.29) is 11.9 Å². The van der Waals surface area contributed by atoms with E-state index in [1.165, 1.54) is 0 Å². The predicted molar refractivity (Wildman–Crippen MR) is 68.1 cm³/mol. The summed E-state index contributed by atoms with van der Waals surface area (Å²) in [6, 6.07) is 5.45. The molecule has 1 amide bonds. The molecule has 18 heavy (non-hydrogen) atoms. The number of carbonyl (C=O) groups is 1. The first-order valence-corrected chi connectivity index (χ1v) is 6.11. The van der Waals surface area contributed by atoms with Gasteiger partial charge in [-0.2, -0.15) is 5.10 Å². The van der Waals surface area contributed by atoms with Gasteiger partial charge in [0, 0.05) is 12.1 Å². The topological polar surface area (TPSA) is 70.9 Å². The van der Waals surface area contributed by atoms with E-state index >= 15 is 0 Å². The van der Waals surface area contributed by atoms with Crippen LogP contribution < -0.4 is 5.32 Å². The third kappa shape index (κ3) is 2.80. The van der Waals surface area contributed by atoms with Crippen LogP contribution in [0.25, 0.3) is 11.5 Å². The molecule has 0 saturated carbocycles. The van der Waals surface area contributed by atoms with E-state index in [1.807, 2.05) is 13.0 Å². The molecule has 0 aromatic carbocycles. The summed E-state index contributed by atoms with van der Waals surface area (Å²) in [5.41, 5.74) is 1.08. The Morgan fingerprint density at radius 2 is 2.44 bits per heavy atom. The zero-order valence-electron chi connectivity index (χ0n) is 10.6. The van der Waals surface area contributed by atoms with Gasteiger partial charge in [0.2, 0.25) is 0 Å². The van der Waals surface area contributed by atoms with Crippen LogP contribution in [0.2, 0.25) is 0 Å². The van der Waals surface area contributed by atoms with Crippen molar-refractivity contribution in [3.63, 3.8) is 0 Å². The second-order valence-corrected chi connectivity index (χ2v) is 4.31. The van der Waals surface area contributed by atoms with Crippen LogP contribution in [0.1, 0.15) is 37.2 Å². The molecule has 0 unspecified atom stereocenters. The Labute approximate surface area is 106 Å². The molecule has 2 aromatic rings. The average Bonchev–Trinajstić information content (AvgIpc) is 3.00. The van der Waals surface area contributed by atoms with E-state index < -0.39 is 0 Å². The Kier molecular flexibility index (Phi) is 3.82. The van der Waals surface area contributed by atoms with E-state index in [2.05, 4.69) is 22.4 Å². The maximum atomic E-state index is 11.9. The summed E-state index contributed by atoms with van der Waals surface area (Å²) in [4.78, 5) is 11.9. The lowest BCUT2D eigenvalue weighted by Crippen LogP contribution is -2.32. The van der Waals surface area contributed by atoms with Crippen LogP contribution in [-0.4, -0.2) is 22.1 Å². The van der Waals surface area contributed by atoms with E-state index in [0.717, 1.165) is 12.8 Å². The van der Waals surface area contributed by atoms with Crippen LogP contribution >= 0.6 is 0 Å². The summed E-state index contributed by atoms with van der Waals surface area (Å²) in [5.74, 6) is 0.508. The molecule has 2 N–H and O–H groups in total. The second kappa shape index (κ2) is 5.53. The minimum Gasteiger partial charge on any atom is -0.463 e. The smallest absolute Gasteiger partial charge is 0.271 e. The van der Waals surface area contributed by atoms with Gasteiger partial charge in [0.25, 0.3) is 5.91 Å². The number of nitrogens with one attached hydrogen (secondary N) is 2. The number of hydrogen-bond acceptors (Lipinski definition) is 3. The van der Waals surface area contributed by atoms with E-state index in [4.69, 9.17) is 4.42 Å². The molecule has 0 aliphatic rings. The van der Waals surface area contributed by atoms with Crippen molar-refractivity contribution in [2.24, 2.45) is 0 Å². The molecule has 0 saturated heterocycles. The van der Waals surface area contributed by atoms with Crippen molar-refractivity contribution in [1.29, 1.82) is 0 Å². The summed E-state index contributed by atoms with van der Waals surface area (Å²) in [5, 5.41) is 9.68. The van der Waals surface area contributed by atoms with Gasteiger partial charge in [-0.25, -0.2) is 0 Å². The minimum absolute atomic E-state index is 0.159. The molecule has 2 heterocycles. The number of amides is 1. The highest BCUT2D eigenvalue weighted by Crippen LogP contribution is 2.17. The van der Waals surface area contributed by atoms with Gasteiger partial charge < -0.3 is 9.73 Å². The van der Waals surface area contributed by atoms with Gasteiger partial charge in [-0.05, 0) is 25.5 Å². The van der Waals surface area contributed by atoms with Gasteiger partial charge in [-0.15, -0.1) is 0 Å². The average molecular weight is 247 g/mol. The maximum Gasteiger partial charge on any atom is 0.271 e. The molecule has 5 heteroatoms. The van der Waals surface area contributed by atoms with Crippen LogP contribution in [-0.2, 0) is 0 Å². The Morgan fingerprint density at radius 1 is 1.61 bits per heavy atom. The monoisotopic (exact) mass is 247 g/mol. The lowest BCUT2D eigenvalue weighted by atomic mass is 10.2. The van der Waals surface area contributed by atoms with Crippen molar-refractivity contribution >= 4 is 5.91 Å². The van der Waals surface area contributed by atoms with Gasteiger partial charge >= 0.3 is 0 Å². The molecule has 2 rings (SSSR count). The van der Waals surface area contributed by atoms with Crippen molar-refractivity contribution in [1.82, 2.24) is 15.5 Å². The minimum atomic E-state index is -0.162. The third-order valence-corrected chi connectivity index (χ3v) is 2.70. The van der Waals surface area contributed by atoms with Gasteiger partial charge in [-0.1, -0.05) is 13.3 Å². The van der Waals surface area contributed by atoms with Crippen LogP contribution in [0.15, 0.2) is 28.9 Å². The predicted octanol–water partition coefficient (Wildman–Crippen LogP) is 2.59. The fourth-order valence-electron chi connectivity index (χ4n) is 1.80. The zero-order chi connectivity index (χ0) is 13.0. The van der Waals surface area contributed by atoms with Crippen LogP contribution in [0.3, 0.4) is 0 Å². The van der Waals surface area contributed by atoms with Crippen molar-refractivity contribution in [3.05, 3.63) is 30.2 Å². The van der Waals surface area contributed by atoms with Gasteiger partial charge in [0.15, 0.2) is 11.5 Å². The molecular weight excluding hydrogens is 230 g/mol. The van der Waals surface area contributed by atoms with Crippen molar-refractivity contribution in [3.8, 4) is 11.5 Å². The molecule has 0 bridgehead atoms. The number of rotatable bonds is 5. The molecule has 0 fully saturated rings. The first kappa shape index (κ1) is 12.4. The second-order valence-electron chi connectivity index (χ2n) is 4.31. The standard InChI is InChI=1S/C13H17N3O2/c1-3-5-9(2)14-13(17)11-8-10(15-16-11)12-6-4-7-18-12/h4,6-9H,3,5H2,1-2H3,(H,14,17)(H,15,16)/t9-/m0/s1. The van der Waals surface area contributed by atoms with Gasteiger partial charge in [-0.3, -0.25) is 9.89 Å². The number of carbonyl (C=O) groups excluding carboxylic acids is 1. The Bertz CT molecular complexity index is 502. The fourth-order valence-corrected chi connectivity index (χ4v) is 1.80. The van der Waals surface area contributed by atoms with Crippen LogP contribution in [0.4, 0.5) is 0 Å². The number of nitrogens with zero attached hydrogens (tertiary/aromatic N) is 1. The third-order valence-electron chi connectivity index (χ3n) is 2.70. The molecule has 5 nitrogen and oxygen atoms in total. The van der Waals surface area contributed by atoms with Gasteiger partial charge in [0.1, 0.15) is 5.69 Å². The zero-order valence-corrected chi connectivity index (χ0v) is 10.6. The number of H-pyrrole nitrogens is 1. The molecular formula is C13H17N3O2. The van der Waals surface area contributed by atoms with Crippen molar-refractivity contribution < 1.29 is 9.21 Å². The molecule has 0 radical (unpaired) electrons. The summed E-state index contributed by atoms with van der Waals surface area (Å²) in [6.45, 7) is 4.08. The summed E-state index contributed by atoms with van der Waals surface area (Å²) in [7, 11) is 0. The lowest BCUT2D eigenvalue weighted by Gasteiger charge is -2.10.